The zero-order valence-corrected chi connectivity index (χ0v) is 17.7. The summed E-state index contributed by atoms with van der Waals surface area (Å²) in [6, 6.07) is 2.88. The van der Waals surface area contributed by atoms with Gasteiger partial charge < -0.3 is 14.6 Å². The van der Waals surface area contributed by atoms with E-state index < -0.39 is 22.8 Å². The Hall–Kier alpha value is -3.11. The van der Waals surface area contributed by atoms with Crippen LogP contribution in [0.25, 0.3) is 11.0 Å². The fraction of sp³-hybridized carbons (Fsp3) is 0.333. The maximum Gasteiger partial charge on any atom is 0.341 e. The van der Waals surface area contributed by atoms with E-state index in [1.165, 1.54) is 17.5 Å². The van der Waals surface area contributed by atoms with E-state index in [1.807, 2.05) is 15.7 Å². The van der Waals surface area contributed by atoms with E-state index in [2.05, 4.69) is 4.98 Å². The van der Waals surface area contributed by atoms with Crippen LogP contribution in [-0.4, -0.2) is 64.0 Å². The molecule has 4 heterocycles. The van der Waals surface area contributed by atoms with E-state index in [-0.39, 0.29) is 22.6 Å². The minimum atomic E-state index is -1.35. The SMILES string of the molecule is CCn1cc(C(=O)O)c(=O)c2cc(F)c(N3CCN(CC(=O)c4ccsc4)CC3)nc21. The molecule has 31 heavy (non-hydrogen) atoms. The van der Waals surface area contributed by atoms with E-state index in [0.717, 1.165) is 6.07 Å². The summed E-state index contributed by atoms with van der Waals surface area (Å²) in [5.74, 6) is -1.84. The summed E-state index contributed by atoms with van der Waals surface area (Å²) in [4.78, 5) is 44.3. The zero-order valence-electron chi connectivity index (χ0n) is 16.9. The summed E-state index contributed by atoms with van der Waals surface area (Å²) in [7, 11) is 0. The van der Waals surface area contributed by atoms with Crippen LogP contribution in [-0.2, 0) is 6.54 Å². The zero-order chi connectivity index (χ0) is 22.1. The Morgan fingerprint density at radius 2 is 2.00 bits per heavy atom. The second kappa shape index (κ2) is 8.56. The van der Waals surface area contributed by atoms with Crippen LogP contribution in [0.2, 0.25) is 0 Å². The monoisotopic (exact) mass is 444 g/mol. The van der Waals surface area contributed by atoms with Gasteiger partial charge in [0, 0.05) is 49.9 Å². The Labute approximate surface area is 181 Å². The van der Waals surface area contributed by atoms with Gasteiger partial charge in [-0.15, -0.1) is 0 Å². The molecule has 1 aliphatic heterocycles. The molecule has 4 rings (SSSR count). The van der Waals surface area contributed by atoms with Crippen LogP contribution in [0.1, 0.15) is 27.6 Å². The summed E-state index contributed by atoms with van der Waals surface area (Å²) in [6.45, 7) is 4.61. The van der Waals surface area contributed by atoms with Gasteiger partial charge in [-0.05, 0) is 24.4 Å². The van der Waals surface area contributed by atoms with Crippen molar-refractivity contribution in [3.05, 3.63) is 56.3 Å². The third kappa shape index (κ3) is 4.08. The molecule has 0 aromatic carbocycles. The first kappa shape index (κ1) is 21.1. The van der Waals surface area contributed by atoms with Crippen molar-refractivity contribution in [2.75, 3.05) is 37.6 Å². The molecule has 1 saturated heterocycles. The lowest BCUT2D eigenvalue weighted by Crippen LogP contribution is -2.48. The van der Waals surface area contributed by atoms with Crippen LogP contribution in [0, 0.1) is 5.82 Å². The first-order valence-corrected chi connectivity index (χ1v) is 10.8. The molecular weight excluding hydrogens is 423 g/mol. The van der Waals surface area contributed by atoms with Crippen LogP contribution in [0.4, 0.5) is 10.2 Å². The van der Waals surface area contributed by atoms with Crippen LogP contribution in [0.5, 0.6) is 0 Å². The molecule has 0 amide bonds. The minimum absolute atomic E-state index is 0.0528. The molecule has 1 fully saturated rings. The van der Waals surface area contributed by atoms with Gasteiger partial charge in [0.15, 0.2) is 17.4 Å². The molecular formula is C21H21FN4O4S. The fourth-order valence-electron chi connectivity index (χ4n) is 3.73. The predicted molar refractivity (Wildman–Crippen MR) is 116 cm³/mol. The lowest BCUT2D eigenvalue weighted by atomic mass is 10.1. The van der Waals surface area contributed by atoms with Crippen LogP contribution >= 0.6 is 11.3 Å². The van der Waals surface area contributed by atoms with Crippen molar-refractivity contribution in [1.29, 1.82) is 0 Å². The average molecular weight is 444 g/mol. The molecule has 8 nitrogen and oxygen atoms in total. The van der Waals surface area contributed by atoms with Crippen molar-refractivity contribution in [2.24, 2.45) is 0 Å². The summed E-state index contributed by atoms with van der Waals surface area (Å²) in [5, 5.41) is 12.9. The van der Waals surface area contributed by atoms with E-state index in [0.29, 0.717) is 44.8 Å². The number of carboxylic acids is 1. The number of fused-ring (bicyclic) bond motifs is 1. The number of aryl methyl sites for hydroxylation is 1. The van der Waals surface area contributed by atoms with Gasteiger partial charge in [0.05, 0.1) is 11.9 Å². The molecule has 0 bridgehead atoms. The number of halogens is 1. The second-order valence-corrected chi connectivity index (χ2v) is 8.11. The van der Waals surface area contributed by atoms with Crippen molar-refractivity contribution in [1.82, 2.24) is 14.5 Å². The fourth-order valence-corrected chi connectivity index (χ4v) is 4.39. The maximum absolute atomic E-state index is 14.9. The Bertz CT molecular complexity index is 1200. The number of aromatic carboxylic acids is 1. The number of thiophene rings is 1. The van der Waals surface area contributed by atoms with Crippen molar-refractivity contribution in [3.8, 4) is 0 Å². The molecule has 0 atom stereocenters. The number of carbonyl (C=O) groups is 2. The maximum atomic E-state index is 14.9. The standard InChI is InChI=1S/C21H21FN4O4S/c1-2-25-10-15(21(29)30)18(28)14-9-16(22)20(23-19(14)25)26-6-4-24(5-7-26)11-17(27)13-3-8-31-12-13/h3,8-10,12H,2,4-7,11H2,1H3,(H,29,30). The van der Waals surface area contributed by atoms with Crippen molar-refractivity contribution in [3.63, 3.8) is 0 Å². The third-order valence-electron chi connectivity index (χ3n) is 5.44. The third-order valence-corrected chi connectivity index (χ3v) is 6.12. The molecule has 10 heteroatoms. The van der Waals surface area contributed by atoms with Gasteiger partial charge in [-0.2, -0.15) is 11.3 Å². The number of ketones is 1. The Morgan fingerprint density at radius 3 is 2.61 bits per heavy atom. The highest BCUT2D eigenvalue weighted by atomic mass is 32.1. The minimum Gasteiger partial charge on any atom is -0.477 e. The van der Waals surface area contributed by atoms with E-state index in [4.69, 9.17) is 0 Å². The molecule has 3 aromatic heterocycles. The Morgan fingerprint density at radius 1 is 1.26 bits per heavy atom. The van der Waals surface area contributed by atoms with E-state index >= 15 is 0 Å². The number of carbonyl (C=O) groups excluding carboxylic acids is 1. The molecule has 0 aliphatic carbocycles. The molecule has 1 N–H and O–H groups in total. The van der Waals surface area contributed by atoms with Gasteiger partial charge in [0.2, 0.25) is 5.43 Å². The lowest BCUT2D eigenvalue weighted by molar-refractivity contribution is 0.0694. The van der Waals surface area contributed by atoms with Crippen molar-refractivity contribution in [2.45, 2.75) is 13.5 Å². The number of hydrogen-bond donors (Lipinski definition) is 1. The number of aromatic nitrogens is 2. The molecule has 0 saturated carbocycles. The number of carboxylic acid groups (broad SMARTS) is 1. The second-order valence-electron chi connectivity index (χ2n) is 7.33. The van der Waals surface area contributed by atoms with Crippen molar-refractivity contribution >= 4 is 39.9 Å². The number of hydrogen-bond acceptors (Lipinski definition) is 7. The molecule has 0 unspecified atom stereocenters. The van der Waals surface area contributed by atoms with Gasteiger partial charge in [-0.1, -0.05) is 0 Å². The summed E-state index contributed by atoms with van der Waals surface area (Å²) < 4.78 is 16.4. The highest BCUT2D eigenvalue weighted by Crippen LogP contribution is 2.23. The first-order valence-electron chi connectivity index (χ1n) is 9.88. The molecule has 0 spiro atoms. The van der Waals surface area contributed by atoms with Gasteiger partial charge in [-0.25, -0.2) is 14.2 Å². The largest absolute Gasteiger partial charge is 0.477 e. The number of pyridine rings is 2. The Balaban J connectivity index is 1.57. The first-order chi connectivity index (χ1) is 14.9. The van der Waals surface area contributed by atoms with Gasteiger partial charge >= 0.3 is 5.97 Å². The molecule has 0 radical (unpaired) electrons. The Kier molecular flexibility index (Phi) is 5.84. The van der Waals surface area contributed by atoms with E-state index in [9.17, 15) is 23.9 Å². The number of Topliss-reactive ketones (excluding diaryl/α,β-unsaturated/α-hetero) is 1. The number of anilines is 1. The quantitative estimate of drug-likeness (QED) is 0.583. The summed E-state index contributed by atoms with van der Waals surface area (Å²) >= 11 is 1.48. The number of piperazine rings is 1. The normalized spacial score (nSPS) is 14.8. The van der Waals surface area contributed by atoms with E-state index in [1.54, 1.807) is 22.5 Å². The molecule has 162 valence electrons. The van der Waals surface area contributed by atoms with Crippen LogP contribution in [0.3, 0.4) is 0 Å². The number of nitrogens with zero attached hydrogens (tertiary/aromatic N) is 4. The molecule has 1 aliphatic rings. The number of rotatable bonds is 6. The van der Waals surface area contributed by atoms with Gasteiger partial charge in [0.1, 0.15) is 11.2 Å². The average Bonchev–Trinajstić information content (AvgIpc) is 3.30. The lowest BCUT2D eigenvalue weighted by Gasteiger charge is -2.35. The summed E-state index contributed by atoms with van der Waals surface area (Å²) in [5.41, 5.74) is -0.203. The van der Waals surface area contributed by atoms with Gasteiger partial charge in [0.25, 0.3) is 0 Å². The predicted octanol–water partition coefficient (Wildman–Crippen LogP) is 2.32. The molecule has 3 aromatic rings. The summed E-state index contributed by atoms with van der Waals surface area (Å²) in [6.07, 6.45) is 1.25. The van der Waals surface area contributed by atoms with Crippen molar-refractivity contribution < 1.29 is 19.1 Å². The highest BCUT2D eigenvalue weighted by Gasteiger charge is 2.24. The smallest absolute Gasteiger partial charge is 0.341 e. The topological polar surface area (TPSA) is 95.7 Å². The highest BCUT2D eigenvalue weighted by molar-refractivity contribution is 7.08. The van der Waals surface area contributed by atoms with Crippen LogP contribution < -0.4 is 10.3 Å². The van der Waals surface area contributed by atoms with Gasteiger partial charge in [-0.3, -0.25) is 14.5 Å². The van der Waals surface area contributed by atoms with Crippen LogP contribution in [0.15, 0.2) is 33.9 Å².